The number of nitrogens with zero attached hydrogens (tertiary/aromatic N) is 4. The smallest absolute Gasteiger partial charge is 0.146 e. The molecule has 0 aromatic carbocycles. The first-order valence-electron chi connectivity index (χ1n) is 8.49. The lowest BCUT2D eigenvalue weighted by molar-refractivity contribution is 0.107. The monoisotopic (exact) mass is 394 g/mol. The van der Waals surface area contributed by atoms with Crippen molar-refractivity contribution in [3.05, 3.63) is 22.1 Å². The van der Waals surface area contributed by atoms with Crippen molar-refractivity contribution in [2.45, 2.75) is 19.4 Å². The summed E-state index contributed by atoms with van der Waals surface area (Å²) in [5, 5.41) is 3.46. The second-order valence-electron chi connectivity index (χ2n) is 6.45. The minimum atomic E-state index is 0.689. The van der Waals surface area contributed by atoms with Crippen LogP contribution in [0.15, 0.2) is 22.1 Å². The zero-order chi connectivity index (χ0) is 15.8. The highest BCUT2D eigenvalue weighted by Crippen LogP contribution is 2.36. The number of rotatable bonds is 3. The van der Waals surface area contributed by atoms with Crippen LogP contribution in [-0.2, 0) is 0 Å². The molecule has 0 amide bonds. The van der Waals surface area contributed by atoms with Crippen LogP contribution >= 0.6 is 27.3 Å². The highest BCUT2D eigenvalue weighted by Gasteiger charge is 2.31. The van der Waals surface area contributed by atoms with Crippen LogP contribution in [0.1, 0.15) is 13.3 Å². The second-order valence-corrected chi connectivity index (χ2v) is 8.22. The number of thiophene rings is 1. The molecular weight excluding hydrogens is 372 g/mol. The van der Waals surface area contributed by atoms with E-state index >= 15 is 0 Å². The van der Waals surface area contributed by atoms with E-state index in [2.05, 4.69) is 49.0 Å². The third-order valence-corrected chi connectivity index (χ3v) is 6.80. The number of hydrogen-bond acceptors (Lipinski definition) is 5. The summed E-state index contributed by atoms with van der Waals surface area (Å²) in [4.78, 5) is 12.5. The predicted molar refractivity (Wildman–Crippen MR) is 102 cm³/mol. The SMILES string of the molecule is CCN1CCN(C2CCN(c3ncc(Br)c4ccsc34)C2)CC1. The van der Waals surface area contributed by atoms with Gasteiger partial charge in [-0.25, -0.2) is 4.98 Å². The van der Waals surface area contributed by atoms with Gasteiger partial charge >= 0.3 is 0 Å². The van der Waals surface area contributed by atoms with Crippen LogP contribution in [0.5, 0.6) is 0 Å². The lowest BCUT2D eigenvalue weighted by Crippen LogP contribution is -2.50. The van der Waals surface area contributed by atoms with Gasteiger partial charge < -0.3 is 9.80 Å². The highest BCUT2D eigenvalue weighted by atomic mass is 79.9. The maximum Gasteiger partial charge on any atom is 0.146 e. The zero-order valence-corrected chi connectivity index (χ0v) is 15.9. The standard InChI is InChI=1S/C17H23BrN4S/c1-2-20-6-8-21(9-7-20)13-3-5-22(12-13)17-16-14(4-10-23-16)15(18)11-19-17/h4,10-11,13H,2-3,5-9,12H2,1H3. The van der Waals surface area contributed by atoms with Crippen molar-refractivity contribution in [2.24, 2.45) is 0 Å². The summed E-state index contributed by atoms with van der Waals surface area (Å²) in [5.41, 5.74) is 0. The highest BCUT2D eigenvalue weighted by molar-refractivity contribution is 9.10. The molecule has 4 heterocycles. The Morgan fingerprint density at radius 2 is 2.09 bits per heavy atom. The Kier molecular flexibility index (Phi) is 4.58. The van der Waals surface area contributed by atoms with Crippen molar-refractivity contribution in [3.63, 3.8) is 0 Å². The van der Waals surface area contributed by atoms with Crippen molar-refractivity contribution in [2.75, 3.05) is 50.7 Å². The van der Waals surface area contributed by atoms with Gasteiger partial charge in [-0.15, -0.1) is 11.3 Å². The van der Waals surface area contributed by atoms with Crippen molar-refractivity contribution in [3.8, 4) is 0 Å². The fourth-order valence-electron chi connectivity index (χ4n) is 3.82. The van der Waals surface area contributed by atoms with Gasteiger partial charge in [-0.1, -0.05) is 6.92 Å². The maximum atomic E-state index is 4.73. The van der Waals surface area contributed by atoms with E-state index in [0.717, 1.165) is 17.6 Å². The Morgan fingerprint density at radius 3 is 2.87 bits per heavy atom. The molecule has 2 saturated heterocycles. The number of anilines is 1. The first kappa shape index (κ1) is 15.8. The second kappa shape index (κ2) is 6.67. The van der Waals surface area contributed by atoms with Crippen LogP contribution in [0, 0.1) is 0 Å². The molecule has 2 fully saturated rings. The molecule has 1 unspecified atom stereocenters. The Balaban J connectivity index is 1.48. The fraction of sp³-hybridized carbons (Fsp3) is 0.588. The van der Waals surface area contributed by atoms with Crippen LogP contribution in [0.25, 0.3) is 10.1 Å². The number of likely N-dealkylation sites (N-methyl/N-ethyl adjacent to an activating group) is 1. The van der Waals surface area contributed by atoms with Crippen molar-refractivity contribution >= 4 is 43.2 Å². The summed E-state index contributed by atoms with van der Waals surface area (Å²) in [6.07, 6.45) is 3.22. The topological polar surface area (TPSA) is 22.6 Å². The predicted octanol–water partition coefficient (Wildman–Crippen LogP) is 3.28. The Bertz CT molecular complexity index is 680. The van der Waals surface area contributed by atoms with E-state index < -0.39 is 0 Å². The molecule has 2 aliphatic heterocycles. The molecule has 2 aromatic rings. The third kappa shape index (κ3) is 3.02. The average Bonchev–Trinajstić information content (AvgIpc) is 3.25. The number of piperazine rings is 1. The van der Waals surface area contributed by atoms with Crippen LogP contribution in [0.4, 0.5) is 5.82 Å². The van der Waals surface area contributed by atoms with Gasteiger partial charge in [0, 0.05) is 61.4 Å². The quantitative estimate of drug-likeness (QED) is 0.796. The van der Waals surface area contributed by atoms with Gasteiger partial charge in [0.1, 0.15) is 5.82 Å². The molecule has 124 valence electrons. The van der Waals surface area contributed by atoms with E-state index in [9.17, 15) is 0 Å². The largest absolute Gasteiger partial charge is 0.354 e. The van der Waals surface area contributed by atoms with Crippen molar-refractivity contribution in [1.29, 1.82) is 0 Å². The Hall–Kier alpha value is -0.690. The van der Waals surface area contributed by atoms with Gasteiger partial charge in [0.25, 0.3) is 0 Å². The number of pyridine rings is 1. The first-order valence-corrected chi connectivity index (χ1v) is 10.2. The normalized spacial score (nSPS) is 23.9. The Labute approximate surface area is 150 Å². The van der Waals surface area contributed by atoms with Crippen LogP contribution in [0.3, 0.4) is 0 Å². The van der Waals surface area contributed by atoms with Crippen LogP contribution in [-0.4, -0.2) is 66.6 Å². The molecule has 4 rings (SSSR count). The molecule has 23 heavy (non-hydrogen) atoms. The van der Waals surface area contributed by atoms with Crippen LogP contribution in [0.2, 0.25) is 0 Å². The van der Waals surface area contributed by atoms with Gasteiger partial charge in [-0.3, -0.25) is 4.90 Å². The molecule has 6 heteroatoms. The maximum absolute atomic E-state index is 4.73. The van der Waals surface area contributed by atoms with Gasteiger partial charge in [0.15, 0.2) is 0 Å². The molecular formula is C17H23BrN4S. The van der Waals surface area contributed by atoms with Crippen LogP contribution < -0.4 is 4.90 Å². The molecule has 2 aromatic heterocycles. The summed E-state index contributed by atoms with van der Waals surface area (Å²) in [7, 11) is 0. The summed E-state index contributed by atoms with van der Waals surface area (Å²) in [6, 6.07) is 2.88. The van der Waals surface area contributed by atoms with E-state index in [0.29, 0.717) is 6.04 Å². The molecule has 4 nitrogen and oxygen atoms in total. The van der Waals surface area contributed by atoms with E-state index in [4.69, 9.17) is 4.98 Å². The summed E-state index contributed by atoms with van der Waals surface area (Å²) < 4.78 is 2.42. The third-order valence-electron chi connectivity index (χ3n) is 5.26. The lowest BCUT2D eigenvalue weighted by Gasteiger charge is -2.37. The number of aromatic nitrogens is 1. The summed E-state index contributed by atoms with van der Waals surface area (Å²) in [5.74, 6) is 1.17. The molecule has 1 atom stereocenters. The van der Waals surface area contributed by atoms with E-state index in [-0.39, 0.29) is 0 Å². The van der Waals surface area contributed by atoms with Crippen molar-refractivity contribution < 1.29 is 0 Å². The summed E-state index contributed by atoms with van der Waals surface area (Å²) >= 11 is 5.42. The van der Waals surface area contributed by atoms with Crippen molar-refractivity contribution in [1.82, 2.24) is 14.8 Å². The van der Waals surface area contributed by atoms with E-state index in [1.807, 2.05) is 6.20 Å². The number of fused-ring (bicyclic) bond motifs is 1. The lowest BCUT2D eigenvalue weighted by atomic mass is 10.2. The van der Waals surface area contributed by atoms with Gasteiger partial charge in [-0.05, 0) is 40.3 Å². The first-order chi connectivity index (χ1) is 11.3. The fourth-order valence-corrected chi connectivity index (χ4v) is 5.32. The van der Waals surface area contributed by atoms with Gasteiger partial charge in [0.05, 0.1) is 4.70 Å². The molecule has 0 saturated carbocycles. The molecule has 0 spiro atoms. The van der Waals surface area contributed by atoms with Gasteiger partial charge in [-0.2, -0.15) is 0 Å². The summed E-state index contributed by atoms with van der Waals surface area (Å²) in [6.45, 7) is 10.6. The molecule has 0 N–H and O–H groups in total. The number of hydrogen-bond donors (Lipinski definition) is 0. The molecule has 0 bridgehead atoms. The molecule has 0 radical (unpaired) electrons. The van der Waals surface area contributed by atoms with Gasteiger partial charge in [0.2, 0.25) is 0 Å². The van der Waals surface area contributed by atoms with E-state index in [1.54, 1.807) is 11.3 Å². The average molecular weight is 395 g/mol. The minimum Gasteiger partial charge on any atom is -0.354 e. The van der Waals surface area contributed by atoms with E-state index in [1.165, 1.54) is 55.0 Å². The minimum absolute atomic E-state index is 0.689. The number of halogens is 1. The molecule has 2 aliphatic rings. The molecule has 0 aliphatic carbocycles. The Morgan fingerprint density at radius 1 is 1.26 bits per heavy atom. The zero-order valence-electron chi connectivity index (χ0n) is 13.5.